The molecule has 1 saturated heterocycles. The van der Waals surface area contributed by atoms with Crippen LogP contribution in [0.4, 0.5) is 4.79 Å². The van der Waals surface area contributed by atoms with Crippen molar-refractivity contribution >= 4 is 35.1 Å². The number of carbonyl (C=O) groups is 2. The number of benzene rings is 1. The number of carbonyl (C=O) groups excluding carboxylic acids is 2. The summed E-state index contributed by atoms with van der Waals surface area (Å²) in [6.45, 7) is 2.18. The normalized spacial score (nSPS) is 23.6. The molecular formula is C20H23Cl2N5O2. The van der Waals surface area contributed by atoms with E-state index in [4.69, 9.17) is 28.9 Å². The molecule has 1 aliphatic heterocycles. The van der Waals surface area contributed by atoms with Gasteiger partial charge in [-0.05, 0) is 43.4 Å². The van der Waals surface area contributed by atoms with Gasteiger partial charge in [0.15, 0.2) is 5.69 Å². The summed E-state index contributed by atoms with van der Waals surface area (Å²) in [5.41, 5.74) is 6.28. The van der Waals surface area contributed by atoms with Crippen LogP contribution in [0.2, 0.25) is 10.0 Å². The molecular weight excluding hydrogens is 413 g/mol. The molecule has 3 atom stereocenters. The fraction of sp³-hybridized carbons (Fsp3) is 0.450. The monoisotopic (exact) mass is 435 g/mol. The van der Waals surface area contributed by atoms with Crippen LogP contribution in [-0.2, 0) is 6.54 Å². The first-order valence-electron chi connectivity index (χ1n) is 9.61. The third kappa shape index (κ3) is 3.99. The quantitative estimate of drug-likeness (QED) is 0.799. The van der Waals surface area contributed by atoms with E-state index >= 15 is 0 Å². The zero-order valence-corrected chi connectivity index (χ0v) is 17.6. The first-order valence-corrected chi connectivity index (χ1v) is 10.4. The third-order valence-electron chi connectivity index (χ3n) is 6.10. The minimum Gasteiger partial charge on any atom is -0.364 e. The molecule has 7 nitrogen and oxygen atoms in total. The van der Waals surface area contributed by atoms with Crippen molar-refractivity contribution in [3.8, 4) is 0 Å². The van der Waals surface area contributed by atoms with Crippen LogP contribution in [0.1, 0.15) is 28.9 Å². The number of hydrogen-bond donors (Lipinski definition) is 1. The van der Waals surface area contributed by atoms with Crippen molar-refractivity contribution in [2.24, 2.45) is 17.6 Å². The number of aromatic nitrogens is 2. The van der Waals surface area contributed by atoms with Crippen LogP contribution < -0.4 is 5.73 Å². The van der Waals surface area contributed by atoms with Gasteiger partial charge in [0.1, 0.15) is 0 Å². The first kappa shape index (κ1) is 20.2. The summed E-state index contributed by atoms with van der Waals surface area (Å²) in [5.74, 6) is 0.169. The Hall–Kier alpha value is -2.09. The lowest BCUT2D eigenvalue weighted by Crippen LogP contribution is -2.36. The van der Waals surface area contributed by atoms with Crippen molar-refractivity contribution in [3.05, 3.63) is 51.8 Å². The van der Waals surface area contributed by atoms with Crippen molar-refractivity contribution in [1.82, 2.24) is 19.6 Å². The molecule has 9 heteroatoms. The zero-order valence-electron chi connectivity index (χ0n) is 16.1. The second-order valence-electron chi connectivity index (χ2n) is 7.97. The minimum absolute atomic E-state index is 0.0827. The standard InChI is InChI=1S/C20H23Cl2N5O2/c1-25(8-12-4-2-3-5-16(12)21)15-6-13-9-26(10-14(13)7-15)20(29)27-11-17(22)18(24-27)19(23)28/h2-5,11,13-15H,6-10H2,1H3,(H2,23,28)/t13-,14+,15+. The smallest absolute Gasteiger partial charge is 0.344 e. The van der Waals surface area contributed by atoms with Crippen molar-refractivity contribution in [2.45, 2.75) is 25.4 Å². The van der Waals surface area contributed by atoms with Crippen LogP contribution in [-0.4, -0.2) is 57.7 Å². The Balaban J connectivity index is 1.36. The molecule has 2 amide bonds. The minimum atomic E-state index is -0.746. The van der Waals surface area contributed by atoms with Crippen LogP contribution in [0.25, 0.3) is 0 Å². The van der Waals surface area contributed by atoms with Crippen molar-refractivity contribution in [3.63, 3.8) is 0 Å². The number of rotatable bonds is 4. The zero-order chi connectivity index (χ0) is 20.7. The highest BCUT2D eigenvalue weighted by molar-refractivity contribution is 6.33. The van der Waals surface area contributed by atoms with Gasteiger partial charge in [0.2, 0.25) is 0 Å². The summed E-state index contributed by atoms with van der Waals surface area (Å²) >= 11 is 12.2. The Morgan fingerprint density at radius 1 is 1.17 bits per heavy atom. The fourth-order valence-corrected chi connectivity index (χ4v) is 4.99. The molecule has 2 aliphatic rings. The number of primary amides is 1. The number of hydrogen-bond acceptors (Lipinski definition) is 4. The lowest BCUT2D eigenvalue weighted by atomic mass is 10.0. The highest BCUT2D eigenvalue weighted by Gasteiger charge is 2.44. The second kappa shape index (κ2) is 7.97. The van der Waals surface area contributed by atoms with E-state index in [2.05, 4.69) is 23.1 Å². The molecule has 2 aromatic rings. The van der Waals surface area contributed by atoms with Crippen LogP contribution in [0.5, 0.6) is 0 Å². The molecule has 1 aromatic heterocycles. The Bertz CT molecular complexity index is 933. The van der Waals surface area contributed by atoms with Gasteiger partial charge in [0.05, 0.1) is 11.2 Å². The predicted molar refractivity (Wildman–Crippen MR) is 111 cm³/mol. The number of nitrogens with zero attached hydrogens (tertiary/aromatic N) is 4. The van der Waals surface area contributed by atoms with Crippen molar-refractivity contribution < 1.29 is 9.59 Å². The van der Waals surface area contributed by atoms with E-state index in [1.807, 2.05) is 18.2 Å². The summed E-state index contributed by atoms with van der Waals surface area (Å²) in [7, 11) is 2.13. The van der Waals surface area contributed by atoms with E-state index in [0.717, 1.165) is 34.7 Å². The molecule has 1 aromatic carbocycles. The molecule has 154 valence electrons. The van der Waals surface area contributed by atoms with E-state index in [1.165, 1.54) is 6.20 Å². The lowest BCUT2D eigenvalue weighted by molar-refractivity contribution is 0.0995. The van der Waals surface area contributed by atoms with Gasteiger partial charge in [-0.1, -0.05) is 41.4 Å². The van der Waals surface area contributed by atoms with Crippen LogP contribution >= 0.6 is 23.2 Å². The van der Waals surface area contributed by atoms with Gasteiger partial charge in [-0.25, -0.2) is 4.79 Å². The van der Waals surface area contributed by atoms with Crippen LogP contribution in [0, 0.1) is 11.8 Å². The number of fused-ring (bicyclic) bond motifs is 1. The summed E-state index contributed by atoms with van der Waals surface area (Å²) in [5, 5.41) is 4.83. The molecule has 29 heavy (non-hydrogen) atoms. The van der Waals surface area contributed by atoms with Crippen molar-refractivity contribution in [1.29, 1.82) is 0 Å². The molecule has 4 rings (SSSR count). The van der Waals surface area contributed by atoms with Gasteiger partial charge in [-0.15, -0.1) is 0 Å². The average molecular weight is 436 g/mol. The summed E-state index contributed by atoms with van der Waals surface area (Å²) in [4.78, 5) is 28.2. The second-order valence-corrected chi connectivity index (χ2v) is 8.79. The largest absolute Gasteiger partial charge is 0.364 e. The van der Waals surface area contributed by atoms with E-state index in [0.29, 0.717) is 31.0 Å². The highest BCUT2D eigenvalue weighted by Crippen LogP contribution is 2.40. The maximum atomic E-state index is 12.8. The fourth-order valence-electron chi connectivity index (χ4n) is 4.57. The number of amides is 2. The number of nitrogens with two attached hydrogens (primary N) is 1. The average Bonchev–Trinajstić information content (AvgIpc) is 3.35. The van der Waals surface area contributed by atoms with E-state index in [9.17, 15) is 9.59 Å². The van der Waals surface area contributed by atoms with E-state index in [1.54, 1.807) is 4.90 Å². The lowest BCUT2D eigenvalue weighted by Gasteiger charge is -2.26. The van der Waals surface area contributed by atoms with Crippen LogP contribution in [0.3, 0.4) is 0 Å². The molecule has 2 N–H and O–H groups in total. The van der Waals surface area contributed by atoms with Gasteiger partial charge in [0.25, 0.3) is 5.91 Å². The molecule has 1 saturated carbocycles. The highest BCUT2D eigenvalue weighted by atomic mass is 35.5. The van der Waals surface area contributed by atoms with Gasteiger partial charge in [-0.3, -0.25) is 9.69 Å². The first-order chi connectivity index (χ1) is 13.8. The van der Waals surface area contributed by atoms with Gasteiger partial charge >= 0.3 is 6.03 Å². The summed E-state index contributed by atoms with van der Waals surface area (Å²) in [6.07, 6.45) is 3.43. The molecule has 0 spiro atoms. The van der Waals surface area contributed by atoms with Crippen LogP contribution in [0.15, 0.2) is 30.5 Å². The molecule has 2 heterocycles. The number of likely N-dealkylation sites (tertiary alicyclic amines) is 1. The predicted octanol–water partition coefficient (Wildman–Crippen LogP) is 3.10. The molecule has 0 bridgehead atoms. The molecule has 0 radical (unpaired) electrons. The Labute approximate surface area is 179 Å². The Morgan fingerprint density at radius 3 is 2.41 bits per heavy atom. The summed E-state index contributed by atoms with van der Waals surface area (Å²) in [6, 6.07) is 8.13. The maximum Gasteiger partial charge on any atom is 0.344 e. The Morgan fingerprint density at radius 2 is 1.83 bits per heavy atom. The van der Waals surface area contributed by atoms with E-state index in [-0.39, 0.29) is 16.7 Å². The van der Waals surface area contributed by atoms with Crippen molar-refractivity contribution in [2.75, 3.05) is 20.1 Å². The van der Waals surface area contributed by atoms with Gasteiger partial charge in [0, 0.05) is 30.7 Å². The van der Waals surface area contributed by atoms with Gasteiger partial charge < -0.3 is 10.6 Å². The molecule has 1 aliphatic carbocycles. The Kier molecular flexibility index (Phi) is 5.55. The topological polar surface area (TPSA) is 84.5 Å². The number of halogens is 2. The van der Waals surface area contributed by atoms with E-state index < -0.39 is 5.91 Å². The molecule has 2 fully saturated rings. The third-order valence-corrected chi connectivity index (χ3v) is 6.74. The maximum absolute atomic E-state index is 12.8. The van der Waals surface area contributed by atoms with Gasteiger partial charge in [-0.2, -0.15) is 9.78 Å². The SMILES string of the molecule is CN(Cc1ccccc1Cl)[C@H]1C[C@@H]2CN(C(=O)n3cc(Cl)c(C(N)=O)n3)C[C@@H]2C1. The summed E-state index contributed by atoms with van der Waals surface area (Å²) < 4.78 is 1.12. The molecule has 0 unspecified atom stereocenters.